The molecule has 0 heterocycles. The molecule has 0 spiro atoms. The Kier molecular flexibility index (Phi) is 8.87. The third-order valence-corrected chi connectivity index (χ3v) is 16.7. The van der Waals surface area contributed by atoms with Gasteiger partial charge in [0, 0.05) is 0 Å². The normalized spacial score (nSPS) is 13.0. The molecule has 0 fully saturated rings. The zero-order valence-electron chi connectivity index (χ0n) is 25.5. The van der Waals surface area contributed by atoms with Gasteiger partial charge < -0.3 is 0 Å². The second-order valence-corrected chi connectivity index (χ2v) is 17.0. The van der Waals surface area contributed by atoms with Gasteiger partial charge in [0.2, 0.25) is 0 Å². The first kappa shape index (κ1) is 28.8. The van der Waals surface area contributed by atoms with E-state index >= 15 is 0 Å². The van der Waals surface area contributed by atoms with Crippen LogP contribution in [0, 0.1) is 0 Å². The Labute approximate surface area is 260 Å². The first-order valence-electron chi connectivity index (χ1n) is 15.7. The SMILES string of the molecule is CCN(CC)c1ccc2c(c1)Cc1c-2ccc(N(CC)CC)[c]1[Zr]([C]1=CC=CC1)=[C](c1ccccc1)c1ccccc1. The van der Waals surface area contributed by atoms with Crippen molar-refractivity contribution in [1.29, 1.82) is 0 Å². The van der Waals surface area contributed by atoms with Crippen molar-refractivity contribution >= 4 is 17.9 Å². The quantitative estimate of drug-likeness (QED) is 0.153. The fourth-order valence-electron chi connectivity index (χ4n) is 6.89. The second kappa shape index (κ2) is 12.9. The summed E-state index contributed by atoms with van der Waals surface area (Å²) >= 11 is -2.74. The molecule has 212 valence electrons. The summed E-state index contributed by atoms with van der Waals surface area (Å²) in [5.74, 6) is 0. The molecule has 0 amide bonds. The van der Waals surface area contributed by atoms with E-state index in [0.29, 0.717) is 0 Å². The second-order valence-electron chi connectivity index (χ2n) is 11.2. The van der Waals surface area contributed by atoms with E-state index in [4.69, 9.17) is 0 Å². The molecule has 3 heteroatoms. The molecular weight excluding hydrogens is 588 g/mol. The van der Waals surface area contributed by atoms with E-state index in [1.165, 1.54) is 39.2 Å². The average molecular weight is 630 g/mol. The standard InChI is InChI=1S/C21H27N2.C13H10.C5H5.Zr/c1-5-22(6-2)18-9-11-20-16(14-18)13-17-15-19(10-12-21(17)20)23(7-3)8-4;1-3-7-12(8-4-1)11-13-9-5-2-6-10-13;1-2-4-5-3-1;/h9-12,14H,5-8,13H2,1-4H3;1-10H;1-3H,4H2;. The van der Waals surface area contributed by atoms with Crippen LogP contribution in [-0.2, 0) is 27.7 Å². The molecule has 42 heavy (non-hydrogen) atoms. The monoisotopic (exact) mass is 628 g/mol. The van der Waals surface area contributed by atoms with Gasteiger partial charge in [-0.1, -0.05) is 0 Å². The van der Waals surface area contributed by atoms with Crippen molar-refractivity contribution in [3.8, 4) is 11.1 Å². The molecule has 4 aromatic rings. The summed E-state index contributed by atoms with van der Waals surface area (Å²) in [5, 5.41) is 0. The van der Waals surface area contributed by atoms with Crippen molar-refractivity contribution in [2.45, 2.75) is 40.5 Å². The molecule has 0 saturated carbocycles. The molecule has 4 aromatic carbocycles. The van der Waals surface area contributed by atoms with Crippen LogP contribution < -0.4 is 13.1 Å². The number of rotatable bonds is 10. The molecular formula is C39H42N2Zr. The Morgan fingerprint density at radius 3 is 1.88 bits per heavy atom. The van der Waals surface area contributed by atoms with E-state index in [2.05, 4.69) is 147 Å². The van der Waals surface area contributed by atoms with E-state index < -0.39 is 21.3 Å². The molecule has 0 bridgehead atoms. The first-order chi connectivity index (χ1) is 20.7. The van der Waals surface area contributed by atoms with E-state index in [-0.39, 0.29) is 0 Å². The third-order valence-electron chi connectivity index (χ3n) is 8.99. The summed E-state index contributed by atoms with van der Waals surface area (Å²) in [6, 6.07) is 34.6. The van der Waals surface area contributed by atoms with Gasteiger partial charge >= 0.3 is 262 Å². The summed E-state index contributed by atoms with van der Waals surface area (Å²) < 4.78 is 4.94. The minimum atomic E-state index is -2.74. The minimum absolute atomic E-state index is 1.01. The fourth-order valence-corrected chi connectivity index (χ4v) is 15.3. The molecule has 0 unspecified atom stereocenters. The molecule has 0 atom stereocenters. The predicted molar refractivity (Wildman–Crippen MR) is 179 cm³/mol. The molecule has 0 N–H and O–H groups in total. The van der Waals surface area contributed by atoms with E-state index in [1.807, 2.05) is 0 Å². The molecule has 2 nitrogen and oxygen atoms in total. The van der Waals surface area contributed by atoms with Crippen molar-refractivity contribution in [2.75, 3.05) is 36.0 Å². The number of anilines is 2. The van der Waals surface area contributed by atoms with Crippen LogP contribution in [0.2, 0.25) is 0 Å². The van der Waals surface area contributed by atoms with Crippen molar-refractivity contribution < 1.29 is 21.3 Å². The number of fused-ring (bicyclic) bond motifs is 3. The van der Waals surface area contributed by atoms with Gasteiger partial charge in [0.05, 0.1) is 0 Å². The van der Waals surface area contributed by atoms with E-state index in [9.17, 15) is 0 Å². The van der Waals surface area contributed by atoms with Crippen LogP contribution >= 0.6 is 0 Å². The van der Waals surface area contributed by atoms with Crippen molar-refractivity contribution in [2.24, 2.45) is 0 Å². The molecule has 0 aliphatic heterocycles. The van der Waals surface area contributed by atoms with Crippen LogP contribution in [0.1, 0.15) is 56.4 Å². The third kappa shape index (κ3) is 5.33. The van der Waals surface area contributed by atoms with Gasteiger partial charge in [-0.3, -0.25) is 0 Å². The van der Waals surface area contributed by atoms with Crippen molar-refractivity contribution in [3.05, 3.63) is 135 Å². The maximum absolute atomic E-state index is 2.74. The van der Waals surface area contributed by atoms with E-state index in [0.717, 1.165) is 39.0 Å². The Hall–Kier alpha value is -3.29. The zero-order valence-corrected chi connectivity index (χ0v) is 28.0. The molecule has 2 aliphatic rings. The summed E-state index contributed by atoms with van der Waals surface area (Å²) in [6.07, 6.45) is 9.22. The van der Waals surface area contributed by atoms with Crippen LogP contribution in [0.15, 0.2) is 113 Å². The van der Waals surface area contributed by atoms with Crippen molar-refractivity contribution in [3.63, 3.8) is 0 Å². The van der Waals surface area contributed by atoms with Crippen LogP contribution in [0.4, 0.5) is 11.4 Å². The number of benzene rings is 4. The van der Waals surface area contributed by atoms with Gasteiger partial charge in [-0.05, 0) is 0 Å². The van der Waals surface area contributed by atoms with Crippen LogP contribution in [0.3, 0.4) is 0 Å². The van der Waals surface area contributed by atoms with Gasteiger partial charge in [-0.25, -0.2) is 0 Å². The Balaban J connectivity index is 1.68. The molecule has 2 aliphatic carbocycles. The molecule has 0 saturated heterocycles. The van der Waals surface area contributed by atoms with Gasteiger partial charge in [0.15, 0.2) is 0 Å². The fraction of sp³-hybridized carbons (Fsp3) is 0.256. The molecule has 6 rings (SSSR count). The Morgan fingerprint density at radius 1 is 0.690 bits per heavy atom. The summed E-state index contributed by atoms with van der Waals surface area (Å²) in [7, 11) is 0. The number of allylic oxidation sites excluding steroid dienone is 4. The zero-order chi connectivity index (χ0) is 29.1. The molecule has 0 aromatic heterocycles. The Morgan fingerprint density at radius 2 is 1.31 bits per heavy atom. The topological polar surface area (TPSA) is 6.48 Å². The van der Waals surface area contributed by atoms with E-state index in [1.54, 1.807) is 15.3 Å². The number of hydrogen-bond donors (Lipinski definition) is 0. The number of hydrogen-bond acceptors (Lipinski definition) is 2. The van der Waals surface area contributed by atoms with Crippen LogP contribution in [0.5, 0.6) is 0 Å². The van der Waals surface area contributed by atoms with Gasteiger partial charge in [0.1, 0.15) is 0 Å². The average Bonchev–Trinajstić information content (AvgIpc) is 3.70. The maximum atomic E-state index is 2.61. The van der Waals surface area contributed by atoms with Crippen LogP contribution in [0.25, 0.3) is 11.1 Å². The first-order valence-corrected chi connectivity index (χ1v) is 19.4. The predicted octanol–water partition coefficient (Wildman–Crippen LogP) is 8.31. The summed E-state index contributed by atoms with van der Waals surface area (Å²) in [6.45, 7) is 13.2. The summed E-state index contributed by atoms with van der Waals surface area (Å²) in [4.78, 5) is 5.08. The van der Waals surface area contributed by atoms with Crippen LogP contribution in [-0.4, -0.2) is 29.4 Å². The number of nitrogens with zero attached hydrogens (tertiary/aromatic N) is 2. The van der Waals surface area contributed by atoms with Crippen molar-refractivity contribution in [1.82, 2.24) is 0 Å². The molecule has 0 radical (unpaired) electrons. The van der Waals surface area contributed by atoms with Gasteiger partial charge in [-0.2, -0.15) is 0 Å². The van der Waals surface area contributed by atoms with Gasteiger partial charge in [-0.15, -0.1) is 0 Å². The Bertz CT molecular complexity index is 1610. The van der Waals surface area contributed by atoms with Gasteiger partial charge in [0.25, 0.3) is 0 Å². The summed E-state index contributed by atoms with van der Waals surface area (Å²) in [5.41, 5.74) is 11.5.